The van der Waals surface area contributed by atoms with Crippen molar-refractivity contribution in [2.75, 3.05) is 12.3 Å². The van der Waals surface area contributed by atoms with Gasteiger partial charge in [-0.25, -0.2) is 9.83 Å². The van der Waals surface area contributed by atoms with E-state index in [2.05, 4.69) is 9.83 Å². The van der Waals surface area contributed by atoms with Gasteiger partial charge in [0.05, 0.1) is 18.4 Å². The van der Waals surface area contributed by atoms with Crippen LogP contribution in [0.2, 0.25) is 0 Å². The molecule has 1 heterocycles. The topological polar surface area (TPSA) is 119 Å². The van der Waals surface area contributed by atoms with E-state index in [1.807, 2.05) is 6.07 Å². The number of hydrogen-bond donors (Lipinski definition) is 2. The van der Waals surface area contributed by atoms with Crippen molar-refractivity contribution in [1.29, 1.82) is 5.26 Å². The second kappa shape index (κ2) is 6.64. The molecule has 0 aliphatic carbocycles. The second-order valence-electron chi connectivity index (χ2n) is 3.67. The van der Waals surface area contributed by atoms with Gasteiger partial charge in [0.2, 0.25) is 5.91 Å². The van der Waals surface area contributed by atoms with Gasteiger partial charge in [-0.3, -0.25) is 4.79 Å². The monoisotopic (exact) mass is 291 g/mol. The highest BCUT2D eigenvalue weighted by Gasteiger charge is 2.23. The molecule has 1 unspecified atom stereocenters. The van der Waals surface area contributed by atoms with Crippen molar-refractivity contribution in [3.05, 3.63) is 17.0 Å². The van der Waals surface area contributed by atoms with Crippen LogP contribution in [-0.2, 0) is 4.79 Å². The molecule has 0 radical (unpaired) electrons. The summed E-state index contributed by atoms with van der Waals surface area (Å²) in [5.41, 5.74) is 11.0. The number of ether oxygens (including phenoxy) is 1. The third-order valence-corrected chi connectivity index (χ3v) is 3.43. The number of hydrogen-bond acceptors (Lipinski definition) is 6. The summed E-state index contributed by atoms with van der Waals surface area (Å²) in [5, 5.41) is 8.89. The fraction of sp³-hybridized carbons (Fsp3) is 0.333. The molecule has 0 aliphatic heterocycles. The van der Waals surface area contributed by atoms with Crippen LogP contribution in [0.1, 0.15) is 19.4 Å². The van der Waals surface area contributed by atoms with Crippen LogP contribution in [0.15, 0.2) is 5.03 Å². The molecule has 0 aliphatic rings. The molecule has 7 nitrogen and oxygen atoms in total. The number of anilines is 1. The molecule has 8 heteroatoms. The van der Waals surface area contributed by atoms with E-state index in [1.165, 1.54) is 0 Å². The maximum atomic E-state index is 11.1. The Labute approximate surface area is 120 Å². The number of primary amides is 1. The summed E-state index contributed by atoms with van der Waals surface area (Å²) in [6.07, 6.45) is 0. The normalized spacial score (nSPS) is 11.2. The van der Waals surface area contributed by atoms with Gasteiger partial charge >= 0.3 is 0 Å². The molecule has 0 spiro atoms. The standard InChI is InChI=1S/C12H13N5O2S/c1-4-19-9-7(5-13)12(20-6(2)11(15)18)17-10(14)8(9)16-3/h6H,4H2,1-2H3,(H2,14,17)(H2,15,18). The molecule has 1 rings (SSSR count). The van der Waals surface area contributed by atoms with Crippen LogP contribution < -0.4 is 16.2 Å². The number of amides is 1. The van der Waals surface area contributed by atoms with Crippen LogP contribution in [0.5, 0.6) is 5.75 Å². The predicted octanol–water partition coefficient (Wildman–Crippen LogP) is 1.45. The minimum atomic E-state index is -0.581. The fourth-order valence-corrected chi connectivity index (χ4v) is 2.21. The molecule has 1 aromatic heterocycles. The highest BCUT2D eigenvalue weighted by atomic mass is 32.2. The van der Waals surface area contributed by atoms with Gasteiger partial charge in [-0.05, 0) is 13.8 Å². The van der Waals surface area contributed by atoms with E-state index in [9.17, 15) is 10.1 Å². The zero-order valence-electron chi connectivity index (χ0n) is 11.0. The molecule has 1 aromatic rings. The number of nitrogens with two attached hydrogens (primary N) is 2. The molecule has 0 saturated heterocycles. The molecule has 104 valence electrons. The first-order chi connectivity index (χ1) is 9.46. The van der Waals surface area contributed by atoms with Crippen molar-refractivity contribution in [1.82, 2.24) is 4.98 Å². The molecular formula is C12H13N5O2S. The van der Waals surface area contributed by atoms with Gasteiger partial charge < -0.3 is 16.2 Å². The predicted molar refractivity (Wildman–Crippen MR) is 75.3 cm³/mol. The number of aromatic nitrogens is 1. The van der Waals surface area contributed by atoms with Crippen molar-refractivity contribution >= 4 is 29.2 Å². The second-order valence-corrected chi connectivity index (χ2v) is 5.00. The van der Waals surface area contributed by atoms with Gasteiger partial charge in [0, 0.05) is 0 Å². The van der Waals surface area contributed by atoms with Gasteiger partial charge in [0.15, 0.2) is 5.75 Å². The molecule has 0 fully saturated rings. The SMILES string of the molecule is [C-]#[N+]c1c(N)nc(SC(C)C(N)=O)c(C#N)c1OCC. The third-order valence-electron chi connectivity index (χ3n) is 2.32. The number of pyridine rings is 1. The number of carbonyl (C=O) groups excluding carboxylic acids is 1. The Kier molecular flexibility index (Phi) is 5.18. The van der Waals surface area contributed by atoms with Crippen molar-refractivity contribution in [2.24, 2.45) is 5.73 Å². The lowest BCUT2D eigenvalue weighted by molar-refractivity contribution is -0.117. The first kappa shape index (κ1) is 15.6. The van der Waals surface area contributed by atoms with Gasteiger partial charge in [-0.2, -0.15) is 5.26 Å². The first-order valence-electron chi connectivity index (χ1n) is 5.66. The Balaban J connectivity index is 3.44. The lowest BCUT2D eigenvalue weighted by Gasteiger charge is -2.14. The highest BCUT2D eigenvalue weighted by Crippen LogP contribution is 2.41. The largest absolute Gasteiger partial charge is 0.503 e. The highest BCUT2D eigenvalue weighted by molar-refractivity contribution is 8.00. The van der Waals surface area contributed by atoms with Crippen molar-refractivity contribution in [2.45, 2.75) is 24.1 Å². The van der Waals surface area contributed by atoms with E-state index in [4.69, 9.17) is 22.8 Å². The summed E-state index contributed by atoms with van der Waals surface area (Å²) < 4.78 is 5.33. The van der Waals surface area contributed by atoms with Crippen LogP contribution in [-0.4, -0.2) is 22.7 Å². The average molecular weight is 291 g/mol. The summed E-state index contributed by atoms with van der Waals surface area (Å²) in [6, 6.07) is 1.94. The maximum Gasteiger partial charge on any atom is 0.270 e. The molecule has 20 heavy (non-hydrogen) atoms. The van der Waals surface area contributed by atoms with Gasteiger partial charge in [-0.15, -0.1) is 0 Å². The molecule has 0 bridgehead atoms. The summed E-state index contributed by atoms with van der Waals surface area (Å²) in [6.45, 7) is 10.7. The fourth-order valence-electron chi connectivity index (χ4n) is 1.35. The lowest BCUT2D eigenvalue weighted by Crippen LogP contribution is -2.22. The summed E-state index contributed by atoms with van der Waals surface area (Å²) >= 11 is 1.01. The van der Waals surface area contributed by atoms with E-state index in [0.29, 0.717) is 0 Å². The molecule has 1 amide bonds. The van der Waals surface area contributed by atoms with Crippen LogP contribution in [0, 0.1) is 17.9 Å². The van der Waals surface area contributed by atoms with E-state index >= 15 is 0 Å². The van der Waals surface area contributed by atoms with Gasteiger partial charge in [0.1, 0.15) is 22.5 Å². The molecule has 0 saturated carbocycles. The Morgan fingerprint density at radius 1 is 1.70 bits per heavy atom. The molecule has 0 aromatic carbocycles. The zero-order chi connectivity index (χ0) is 15.3. The van der Waals surface area contributed by atoms with Crippen LogP contribution in [0.3, 0.4) is 0 Å². The summed E-state index contributed by atoms with van der Waals surface area (Å²) in [5.74, 6) is -0.482. The minimum absolute atomic E-state index is 0.000483. The summed E-state index contributed by atoms with van der Waals surface area (Å²) in [4.78, 5) is 18.3. The number of nitrogen functional groups attached to an aromatic ring is 1. The van der Waals surface area contributed by atoms with E-state index in [1.54, 1.807) is 13.8 Å². The number of nitrogens with zero attached hydrogens (tertiary/aromatic N) is 3. The van der Waals surface area contributed by atoms with Crippen LogP contribution in [0.4, 0.5) is 11.5 Å². The Morgan fingerprint density at radius 2 is 2.35 bits per heavy atom. The van der Waals surface area contributed by atoms with E-state index in [0.717, 1.165) is 11.8 Å². The lowest BCUT2D eigenvalue weighted by atomic mass is 10.2. The molecular weight excluding hydrogens is 278 g/mol. The number of carbonyl (C=O) groups is 1. The zero-order valence-corrected chi connectivity index (χ0v) is 11.8. The van der Waals surface area contributed by atoms with Crippen LogP contribution in [0.25, 0.3) is 4.85 Å². The summed E-state index contributed by atoms with van der Waals surface area (Å²) in [7, 11) is 0. The van der Waals surface area contributed by atoms with E-state index in [-0.39, 0.29) is 34.5 Å². The number of rotatable bonds is 5. The van der Waals surface area contributed by atoms with Crippen LogP contribution >= 0.6 is 11.8 Å². The minimum Gasteiger partial charge on any atom is -0.503 e. The quantitative estimate of drug-likeness (QED) is 0.626. The smallest absolute Gasteiger partial charge is 0.270 e. The number of nitriles is 1. The maximum absolute atomic E-state index is 11.1. The average Bonchev–Trinajstić information content (AvgIpc) is 2.39. The third kappa shape index (κ3) is 3.11. The van der Waals surface area contributed by atoms with Crippen molar-refractivity contribution < 1.29 is 9.53 Å². The Bertz CT molecular complexity index is 618. The van der Waals surface area contributed by atoms with Gasteiger partial charge in [-0.1, -0.05) is 11.8 Å². The van der Waals surface area contributed by atoms with Gasteiger partial charge in [0.25, 0.3) is 5.69 Å². The van der Waals surface area contributed by atoms with E-state index < -0.39 is 11.2 Å². The Hall–Kier alpha value is -2.45. The van der Waals surface area contributed by atoms with Crippen molar-refractivity contribution in [3.63, 3.8) is 0 Å². The molecule has 4 N–H and O–H groups in total. The first-order valence-corrected chi connectivity index (χ1v) is 6.53. The van der Waals surface area contributed by atoms with Crippen molar-refractivity contribution in [3.8, 4) is 11.8 Å². The Morgan fingerprint density at radius 3 is 2.80 bits per heavy atom. The number of thioether (sulfide) groups is 1. The molecule has 1 atom stereocenters.